The van der Waals surface area contributed by atoms with Crippen LogP contribution in [0.2, 0.25) is 0 Å². The summed E-state index contributed by atoms with van der Waals surface area (Å²) in [4.78, 5) is 12.3. The van der Waals surface area contributed by atoms with Crippen LogP contribution in [0.25, 0.3) is 0 Å². The molecular weight excluding hydrogens is 350 g/mol. The van der Waals surface area contributed by atoms with Gasteiger partial charge in [0, 0.05) is 17.2 Å². The highest BCUT2D eigenvalue weighted by Crippen LogP contribution is 2.45. The number of hydrogen-bond acceptors (Lipinski definition) is 4. The van der Waals surface area contributed by atoms with Gasteiger partial charge in [-0.1, -0.05) is 24.3 Å². The molecule has 128 valence electrons. The van der Waals surface area contributed by atoms with Crippen molar-refractivity contribution in [3.63, 3.8) is 0 Å². The van der Waals surface area contributed by atoms with E-state index in [4.69, 9.17) is 5.26 Å². The predicted octanol–water partition coefficient (Wildman–Crippen LogP) is 4.92. The summed E-state index contributed by atoms with van der Waals surface area (Å²) in [5.41, 5.74) is 3.61. The van der Waals surface area contributed by atoms with E-state index in [9.17, 15) is 4.79 Å². The van der Waals surface area contributed by atoms with E-state index in [1.165, 1.54) is 17.1 Å². The van der Waals surface area contributed by atoms with Crippen molar-refractivity contribution in [1.82, 2.24) is 5.32 Å². The first kappa shape index (κ1) is 17.7. The zero-order valence-electron chi connectivity index (χ0n) is 13.9. The Morgan fingerprint density at radius 1 is 1.20 bits per heavy atom. The lowest BCUT2D eigenvalue weighted by molar-refractivity contribution is 0.249. The molecule has 1 atom stereocenters. The number of nitrogens with zero attached hydrogens (tertiary/aromatic N) is 1. The quantitative estimate of drug-likeness (QED) is 0.803. The van der Waals surface area contributed by atoms with Crippen molar-refractivity contribution >= 4 is 35.2 Å². The first-order chi connectivity index (χ1) is 12.2. The van der Waals surface area contributed by atoms with Crippen LogP contribution in [-0.2, 0) is 0 Å². The van der Waals surface area contributed by atoms with Crippen molar-refractivity contribution in [1.29, 1.82) is 5.26 Å². The number of urea groups is 1. The molecule has 3 rings (SSSR count). The van der Waals surface area contributed by atoms with Crippen molar-refractivity contribution in [2.24, 2.45) is 0 Å². The van der Waals surface area contributed by atoms with E-state index in [-0.39, 0.29) is 12.1 Å². The second-order valence-electron chi connectivity index (χ2n) is 5.75. The van der Waals surface area contributed by atoms with Crippen LogP contribution in [0, 0.1) is 11.3 Å². The van der Waals surface area contributed by atoms with Gasteiger partial charge in [-0.2, -0.15) is 5.26 Å². The molecule has 1 saturated heterocycles. The molecule has 0 saturated carbocycles. The maximum atomic E-state index is 12.3. The number of carbonyl (C=O) groups is 1. The van der Waals surface area contributed by atoms with Gasteiger partial charge in [-0.15, -0.1) is 23.5 Å². The molecule has 2 aromatic rings. The second-order valence-corrected chi connectivity index (χ2v) is 8.48. The van der Waals surface area contributed by atoms with Crippen LogP contribution < -0.4 is 10.6 Å². The Balaban J connectivity index is 1.60. The maximum Gasteiger partial charge on any atom is 0.319 e. The molecule has 2 N–H and O–H groups in total. The monoisotopic (exact) mass is 369 g/mol. The van der Waals surface area contributed by atoms with Crippen LogP contribution in [0.3, 0.4) is 0 Å². The lowest BCUT2D eigenvalue weighted by atomic mass is 10.1. The van der Waals surface area contributed by atoms with Crippen LogP contribution >= 0.6 is 23.5 Å². The minimum atomic E-state index is -0.235. The third kappa shape index (κ3) is 4.71. The van der Waals surface area contributed by atoms with Gasteiger partial charge in [0.05, 0.1) is 22.3 Å². The highest BCUT2D eigenvalue weighted by molar-refractivity contribution is 8.19. The number of carbonyl (C=O) groups excluding carboxylic acids is 1. The summed E-state index contributed by atoms with van der Waals surface area (Å²) in [7, 11) is 0. The Labute approximate surface area is 156 Å². The molecule has 2 aromatic carbocycles. The van der Waals surface area contributed by atoms with E-state index in [1.54, 1.807) is 12.1 Å². The van der Waals surface area contributed by atoms with Gasteiger partial charge < -0.3 is 10.6 Å². The minimum absolute atomic E-state index is 0.142. The van der Waals surface area contributed by atoms with Crippen LogP contribution in [0.5, 0.6) is 0 Å². The van der Waals surface area contributed by atoms with Gasteiger partial charge in [-0.25, -0.2) is 4.79 Å². The predicted molar refractivity (Wildman–Crippen MR) is 106 cm³/mol. The van der Waals surface area contributed by atoms with E-state index < -0.39 is 0 Å². The fourth-order valence-electron chi connectivity index (χ4n) is 2.61. The first-order valence-electron chi connectivity index (χ1n) is 8.06. The molecule has 25 heavy (non-hydrogen) atoms. The van der Waals surface area contributed by atoms with Crippen molar-refractivity contribution in [2.45, 2.75) is 17.5 Å². The van der Waals surface area contributed by atoms with Crippen molar-refractivity contribution in [2.75, 3.05) is 16.8 Å². The SMILES string of the molecule is C[C@@H](NC(=O)Nc1cccc(C2SCCS2)c1)c1ccc(C#N)cc1. The fourth-order valence-corrected chi connectivity index (χ4v) is 5.45. The zero-order chi connectivity index (χ0) is 17.6. The number of benzene rings is 2. The summed E-state index contributed by atoms with van der Waals surface area (Å²) in [5, 5.41) is 14.7. The van der Waals surface area contributed by atoms with E-state index >= 15 is 0 Å². The largest absolute Gasteiger partial charge is 0.331 e. The van der Waals surface area contributed by atoms with Gasteiger partial charge in [0.2, 0.25) is 0 Å². The normalized spacial score (nSPS) is 15.4. The highest BCUT2D eigenvalue weighted by Gasteiger charge is 2.18. The molecule has 0 aliphatic carbocycles. The average Bonchev–Trinajstić information content (AvgIpc) is 3.16. The number of nitrogens with one attached hydrogen (secondary N) is 2. The van der Waals surface area contributed by atoms with Crippen molar-refractivity contribution in [3.05, 3.63) is 65.2 Å². The van der Waals surface area contributed by atoms with Crippen molar-refractivity contribution in [3.8, 4) is 6.07 Å². The van der Waals surface area contributed by atoms with E-state index in [0.29, 0.717) is 10.1 Å². The second kappa shape index (κ2) is 8.32. The third-order valence-electron chi connectivity index (χ3n) is 3.93. The molecule has 1 heterocycles. The zero-order valence-corrected chi connectivity index (χ0v) is 15.5. The summed E-state index contributed by atoms with van der Waals surface area (Å²) >= 11 is 3.89. The number of anilines is 1. The van der Waals surface area contributed by atoms with Gasteiger partial charge in [0.25, 0.3) is 0 Å². The lowest BCUT2D eigenvalue weighted by Gasteiger charge is -2.16. The number of thioether (sulfide) groups is 2. The van der Waals surface area contributed by atoms with E-state index in [0.717, 1.165) is 11.3 Å². The Morgan fingerprint density at radius 3 is 2.60 bits per heavy atom. The topological polar surface area (TPSA) is 64.9 Å². The third-order valence-corrected chi connectivity index (χ3v) is 7.03. The van der Waals surface area contributed by atoms with Gasteiger partial charge in [-0.3, -0.25) is 0 Å². The van der Waals surface area contributed by atoms with E-state index in [2.05, 4.69) is 22.8 Å². The first-order valence-corrected chi connectivity index (χ1v) is 10.2. The minimum Gasteiger partial charge on any atom is -0.331 e. The number of hydrogen-bond donors (Lipinski definition) is 2. The molecule has 2 amide bonds. The number of nitriles is 1. The molecule has 0 unspecified atom stereocenters. The lowest BCUT2D eigenvalue weighted by Crippen LogP contribution is -2.31. The Bertz CT molecular complexity index is 780. The van der Waals surface area contributed by atoms with Crippen LogP contribution in [0.1, 0.15) is 34.2 Å². The van der Waals surface area contributed by atoms with Gasteiger partial charge in [0.1, 0.15) is 0 Å². The molecular formula is C19H19N3OS2. The van der Waals surface area contributed by atoms with Gasteiger partial charge in [0.15, 0.2) is 0 Å². The van der Waals surface area contributed by atoms with Crippen molar-refractivity contribution < 1.29 is 4.79 Å². The Morgan fingerprint density at radius 2 is 1.92 bits per heavy atom. The Hall–Kier alpha value is -2.10. The molecule has 0 bridgehead atoms. The molecule has 0 spiro atoms. The Kier molecular flexibility index (Phi) is 5.90. The summed E-state index contributed by atoms with van der Waals surface area (Å²) < 4.78 is 0.461. The molecule has 1 fully saturated rings. The standard InChI is InChI=1S/C19H19N3OS2/c1-13(15-7-5-14(12-20)6-8-15)21-19(23)22-17-4-2-3-16(11-17)18-24-9-10-25-18/h2-8,11,13,18H,9-10H2,1H3,(H2,21,22,23)/t13-/m1/s1. The fraction of sp³-hybridized carbons (Fsp3) is 0.263. The number of amides is 2. The highest BCUT2D eigenvalue weighted by atomic mass is 32.2. The summed E-state index contributed by atoms with van der Waals surface area (Å²) in [5.74, 6) is 2.35. The summed E-state index contributed by atoms with van der Waals surface area (Å²) in [6.45, 7) is 1.92. The van der Waals surface area contributed by atoms with Crippen LogP contribution in [-0.4, -0.2) is 17.5 Å². The van der Waals surface area contributed by atoms with Crippen LogP contribution in [0.15, 0.2) is 48.5 Å². The molecule has 1 aliphatic rings. The summed E-state index contributed by atoms with van der Waals surface area (Å²) in [6, 6.07) is 17.0. The number of rotatable bonds is 4. The van der Waals surface area contributed by atoms with Crippen LogP contribution in [0.4, 0.5) is 10.5 Å². The summed E-state index contributed by atoms with van der Waals surface area (Å²) in [6.07, 6.45) is 0. The molecule has 6 heteroatoms. The smallest absolute Gasteiger partial charge is 0.319 e. The van der Waals surface area contributed by atoms with Gasteiger partial charge >= 0.3 is 6.03 Å². The molecule has 0 radical (unpaired) electrons. The average molecular weight is 370 g/mol. The molecule has 0 aromatic heterocycles. The van der Waals surface area contributed by atoms with Gasteiger partial charge in [-0.05, 0) is 42.3 Å². The maximum absolute atomic E-state index is 12.3. The molecule has 1 aliphatic heterocycles. The molecule has 4 nitrogen and oxygen atoms in total. The van der Waals surface area contributed by atoms with E-state index in [1.807, 2.05) is 60.8 Å².